The summed E-state index contributed by atoms with van der Waals surface area (Å²) in [6.07, 6.45) is 0.901. The molecule has 0 aliphatic heterocycles. The Bertz CT molecular complexity index is 871. The summed E-state index contributed by atoms with van der Waals surface area (Å²) in [6.45, 7) is 0. The van der Waals surface area contributed by atoms with Crippen LogP contribution in [0.15, 0.2) is 40.6 Å². The van der Waals surface area contributed by atoms with Gasteiger partial charge in [0.25, 0.3) is 0 Å². The van der Waals surface area contributed by atoms with E-state index in [9.17, 15) is 13.2 Å². The van der Waals surface area contributed by atoms with Gasteiger partial charge in [-0.25, -0.2) is 17.9 Å². The number of fused-ring (bicyclic) bond motifs is 3. The Hall–Kier alpha value is -1.70. The van der Waals surface area contributed by atoms with Crippen molar-refractivity contribution in [2.24, 2.45) is 5.92 Å². The molecule has 2 aliphatic rings. The lowest BCUT2D eigenvalue weighted by Gasteiger charge is -2.09. The van der Waals surface area contributed by atoms with Crippen molar-refractivity contribution >= 4 is 27.3 Å². The van der Waals surface area contributed by atoms with Crippen LogP contribution in [0.1, 0.15) is 26.7 Å². The zero-order valence-electron chi connectivity index (χ0n) is 11.4. The molecule has 5 nitrogen and oxygen atoms in total. The topological polar surface area (TPSA) is 83.5 Å². The van der Waals surface area contributed by atoms with Crippen LogP contribution in [0.4, 0.5) is 0 Å². The van der Waals surface area contributed by atoms with Crippen molar-refractivity contribution in [3.63, 3.8) is 0 Å². The Morgan fingerprint density at radius 1 is 1.32 bits per heavy atom. The maximum Gasteiger partial charge on any atom is 0.345 e. The molecule has 0 saturated heterocycles. The van der Waals surface area contributed by atoms with Crippen LogP contribution in [-0.4, -0.2) is 25.5 Å². The van der Waals surface area contributed by atoms with E-state index in [1.54, 1.807) is 0 Å². The van der Waals surface area contributed by atoms with Crippen molar-refractivity contribution in [3.8, 4) is 0 Å². The molecule has 0 bridgehead atoms. The fraction of sp³-hybridized carbons (Fsp3) is 0.267. The van der Waals surface area contributed by atoms with Crippen LogP contribution in [0.3, 0.4) is 0 Å². The van der Waals surface area contributed by atoms with Crippen LogP contribution in [0.5, 0.6) is 0 Å². The van der Waals surface area contributed by atoms with E-state index in [0.717, 1.165) is 17.8 Å². The highest BCUT2D eigenvalue weighted by Crippen LogP contribution is 2.56. The molecular weight excluding hydrogens is 322 g/mol. The van der Waals surface area contributed by atoms with Crippen LogP contribution in [0, 0.1) is 5.92 Å². The lowest BCUT2D eigenvalue weighted by Crippen LogP contribution is -2.28. The molecule has 0 amide bonds. The second-order valence-corrected chi connectivity index (χ2v) is 8.32. The molecule has 2 N–H and O–H groups in total. The Morgan fingerprint density at radius 2 is 2.09 bits per heavy atom. The Balaban J connectivity index is 1.54. The molecule has 3 atom stereocenters. The molecule has 2 aliphatic carbocycles. The number of carboxylic acid groups (broad SMARTS) is 1. The van der Waals surface area contributed by atoms with E-state index in [1.807, 2.05) is 12.1 Å². The van der Waals surface area contributed by atoms with Gasteiger partial charge in [-0.3, -0.25) is 0 Å². The first-order chi connectivity index (χ1) is 10.5. The first-order valence-electron chi connectivity index (χ1n) is 6.89. The van der Waals surface area contributed by atoms with Gasteiger partial charge >= 0.3 is 5.97 Å². The van der Waals surface area contributed by atoms with Crippen molar-refractivity contribution in [1.82, 2.24) is 4.72 Å². The van der Waals surface area contributed by atoms with E-state index in [2.05, 4.69) is 16.9 Å². The van der Waals surface area contributed by atoms with E-state index in [-0.39, 0.29) is 21.7 Å². The molecule has 7 heteroatoms. The maximum atomic E-state index is 12.4. The largest absolute Gasteiger partial charge is 0.477 e. The van der Waals surface area contributed by atoms with Crippen LogP contribution in [-0.2, 0) is 16.4 Å². The minimum Gasteiger partial charge on any atom is -0.477 e. The van der Waals surface area contributed by atoms with Gasteiger partial charge in [0.2, 0.25) is 10.0 Å². The van der Waals surface area contributed by atoms with Gasteiger partial charge < -0.3 is 5.11 Å². The predicted molar refractivity (Wildman–Crippen MR) is 81.8 cm³/mol. The number of hydrogen-bond donors (Lipinski definition) is 2. The number of carbonyl (C=O) groups is 1. The van der Waals surface area contributed by atoms with Crippen LogP contribution in [0.2, 0.25) is 0 Å². The third kappa shape index (κ3) is 2.08. The number of sulfonamides is 1. The zero-order valence-corrected chi connectivity index (χ0v) is 13.0. The third-order valence-corrected chi connectivity index (χ3v) is 6.93. The molecule has 0 spiro atoms. The summed E-state index contributed by atoms with van der Waals surface area (Å²) in [7, 11) is -3.66. The third-order valence-electron chi connectivity index (χ3n) is 4.43. The van der Waals surface area contributed by atoms with E-state index >= 15 is 0 Å². The summed E-state index contributed by atoms with van der Waals surface area (Å²) in [4.78, 5) is 10.9. The van der Waals surface area contributed by atoms with E-state index < -0.39 is 16.0 Å². The quantitative estimate of drug-likeness (QED) is 0.896. The van der Waals surface area contributed by atoms with Gasteiger partial charge in [-0.15, -0.1) is 11.3 Å². The molecular formula is C15H13NO4S2. The van der Waals surface area contributed by atoms with Crippen molar-refractivity contribution in [2.75, 3.05) is 0 Å². The van der Waals surface area contributed by atoms with Gasteiger partial charge in [0.15, 0.2) is 0 Å². The summed E-state index contributed by atoms with van der Waals surface area (Å²) < 4.78 is 27.5. The van der Waals surface area contributed by atoms with Gasteiger partial charge in [0.1, 0.15) is 4.88 Å². The Morgan fingerprint density at radius 3 is 2.82 bits per heavy atom. The van der Waals surface area contributed by atoms with Gasteiger partial charge in [-0.05, 0) is 29.5 Å². The SMILES string of the molecule is O=C(O)c1cc(S(=O)(=O)N[C@@H]2[C@H]3Cc4ccccc4[C@H]32)cs1. The molecule has 4 rings (SSSR count). The normalized spacial score (nSPS) is 25.5. The lowest BCUT2D eigenvalue weighted by atomic mass is 10.1. The molecule has 0 radical (unpaired) electrons. The number of benzene rings is 1. The predicted octanol–water partition coefficient (Wildman–Crippen LogP) is 2.06. The van der Waals surface area contributed by atoms with Gasteiger partial charge in [0, 0.05) is 17.3 Å². The van der Waals surface area contributed by atoms with Crippen molar-refractivity contribution < 1.29 is 18.3 Å². The van der Waals surface area contributed by atoms with Crippen LogP contribution >= 0.6 is 11.3 Å². The Labute approximate surface area is 131 Å². The van der Waals surface area contributed by atoms with Gasteiger partial charge in [-0.1, -0.05) is 24.3 Å². The second kappa shape index (κ2) is 4.65. The maximum absolute atomic E-state index is 12.4. The zero-order chi connectivity index (χ0) is 15.5. The smallest absolute Gasteiger partial charge is 0.345 e. The first kappa shape index (κ1) is 13.9. The highest BCUT2D eigenvalue weighted by molar-refractivity contribution is 7.89. The summed E-state index contributed by atoms with van der Waals surface area (Å²) in [5.74, 6) is -0.531. The minimum atomic E-state index is -3.66. The summed E-state index contributed by atoms with van der Waals surface area (Å²) in [5.41, 5.74) is 2.54. The molecule has 0 unspecified atom stereocenters. The Kier molecular flexibility index (Phi) is 2.94. The van der Waals surface area contributed by atoms with E-state index in [4.69, 9.17) is 5.11 Å². The standard InChI is InChI=1S/C15H13NO4S2/c17-15(18)12-6-9(7-21-12)22(19,20)16-14-11-5-8-3-1-2-4-10(8)13(11)14/h1-4,6-7,11,13-14,16H,5H2,(H,17,18)/t11-,13+,14+/m0/s1. The fourth-order valence-corrected chi connectivity index (χ4v) is 5.75. The molecule has 1 saturated carbocycles. The highest BCUT2D eigenvalue weighted by Gasteiger charge is 2.56. The number of thiophene rings is 1. The monoisotopic (exact) mass is 335 g/mol. The van der Waals surface area contributed by atoms with Crippen LogP contribution in [0.25, 0.3) is 0 Å². The first-order valence-corrected chi connectivity index (χ1v) is 9.25. The lowest BCUT2D eigenvalue weighted by molar-refractivity contribution is 0.0702. The van der Waals surface area contributed by atoms with E-state index in [0.29, 0.717) is 5.92 Å². The van der Waals surface area contributed by atoms with Gasteiger partial charge in [0.05, 0.1) is 4.90 Å². The fourth-order valence-electron chi connectivity index (χ4n) is 3.33. The van der Waals surface area contributed by atoms with Crippen molar-refractivity contribution in [2.45, 2.75) is 23.3 Å². The molecule has 1 aromatic carbocycles. The number of carboxylic acids is 1. The molecule has 22 heavy (non-hydrogen) atoms. The summed E-state index contributed by atoms with van der Waals surface area (Å²) in [6, 6.07) is 9.26. The molecule has 1 heterocycles. The average molecular weight is 335 g/mol. The van der Waals surface area contributed by atoms with Crippen molar-refractivity contribution in [3.05, 3.63) is 51.7 Å². The minimum absolute atomic E-state index is 0.0294. The summed E-state index contributed by atoms with van der Waals surface area (Å²) >= 11 is 0.923. The second-order valence-electron chi connectivity index (χ2n) is 5.69. The van der Waals surface area contributed by atoms with Crippen LogP contribution < -0.4 is 4.72 Å². The summed E-state index contributed by atoms with van der Waals surface area (Å²) in [5, 5.41) is 10.3. The molecule has 2 aromatic rings. The molecule has 1 aromatic heterocycles. The molecule has 1 fully saturated rings. The number of rotatable bonds is 4. The number of nitrogens with one attached hydrogen (secondary N) is 1. The van der Waals surface area contributed by atoms with E-state index in [1.165, 1.54) is 22.6 Å². The van der Waals surface area contributed by atoms with Crippen molar-refractivity contribution in [1.29, 1.82) is 0 Å². The average Bonchev–Trinajstić information content (AvgIpc) is 2.90. The number of hydrogen-bond acceptors (Lipinski definition) is 4. The van der Waals surface area contributed by atoms with Gasteiger partial charge in [-0.2, -0.15) is 0 Å². The number of aromatic carboxylic acids is 1. The highest BCUT2D eigenvalue weighted by atomic mass is 32.2. The molecule has 114 valence electrons.